The Morgan fingerprint density at radius 3 is 2.78 bits per heavy atom. The number of carbonyl (C=O) groups is 1. The molecule has 0 aliphatic carbocycles. The van der Waals surface area contributed by atoms with E-state index in [1.165, 1.54) is 4.57 Å². The zero-order valence-corrected chi connectivity index (χ0v) is 15.4. The van der Waals surface area contributed by atoms with E-state index in [-0.39, 0.29) is 23.7 Å². The van der Waals surface area contributed by atoms with E-state index < -0.39 is 6.10 Å². The molecule has 6 nitrogen and oxygen atoms in total. The number of aromatic nitrogens is 2. The molecule has 3 aromatic rings. The minimum Gasteiger partial charge on any atom is -0.481 e. The maximum atomic E-state index is 12.5. The molecule has 4 rings (SSSR count). The van der Waals surface area contributed by atoms with Crippen LogP contribution in [0, 0.1) is 17.2 Å². The van der Waals surface area contributed by atoms with E-state index in [4.69, 9.17) is 4.74 Å². The lowest BCUT2D eigenvalue weighted by Gasteiger charge is -2.29. The van der Waals surface area contributed by atoms with Gasteiger partial charge in [0.1, 0.15) is 11.3 Å². The minimum absolute atomic E-state index is 0.0193. The third-order valence-corrected chi connectivity index (χ3v) is 5.01. The summed E-state index contributed by atoms with van der Waals surface area (Å²) < 4.78 is 7.64. The Balaban J connectivity index is 2.03. The molecule has 0 radical (unpaired) electrons. The van der Waals surface area contributed by atoms with Crippen LogP contribution in [0.5, 0.6) is 5.75 Å². The van der Waals surface area contributed by atoms with E-state index in [9.17, 15) is 14.9 Å². The molecule has 27 heavy (non-hydrogen) atoms. The summed E-state index contributed by atoms with van der Waals surface area (Å²) in [4.78, 5) is 27.8. The van der Waals surface area contributed by atoms with Crippen LogP contribution in [0.25, 0.3) is 22.0 Å². The number of fused-ring (bicyclic) bond motifs is 2. The van der Waals surface area contributed by atoms with E-state index in [1.54, 1.807) is 31.6 Å². The van der Waals surface area contributed by atoms with Gasteiger partial charge in [0.2, 0.25) is 0 Å². The first-order chi connectivity index (χ1) is 12.9. The molecule has 1 aliphatic rings. The van der Waals surface area contributed by atoms with Crippen LogP contribution in [0.15, 0.2) is 35.4 Å². The summed E-state index contributed by atoms with van der Waals surface area (Å²) in [5.74, 6) is 0.681. The van der Waals surface area contributed by atoms with Gasteiger partial charge in [0.05, 0.1) is 11.6 Å². The summed E-state index contributed by atoms with van der Waals surface area (Å²) in [7, 11) is 1.69. The number of pyridine rings is 1. The van der Waals surface area contributed by atoms with Crippen molar-refractivity contribution in [2.24, 2.45) is 13.0 Å². The average molecular weight is 361 g/mol. The summed E-state index contributed by atoms with van der Waals surface area (Å²) >= 11 is 0. The van der Waals surface area contributed by atoms with Crippen molar-refractivity contribution in [3.05, 3.63) is 52.1 Å². The lowest BCUT2D eigenvalue weighted by Crippen LogP contribution is -2.37. The number of aryl methyl sites for hydroxylation is 1. The summed E-state index contributed by atoms with van der Waals surface area (Å²) in [6.45, 7) is 3.90. The number of hydrogen-bond donors (Lipinski definition) is 1. The quantitative estimate of drug-likeness (QED) is 0.760. The van der Waals surface area contributed by atoms with Crippen LogP contribution in [-0.4, -0.2) is 21.4 Å². The summed E-state index contributed by atoms with van der Waals surface area (Å²) in [5, 5.41) is 10.2. The highest BCUT2D eigenvalue weighted by Crippen LogP contribution is 2.41. The van der Waals surface area contributed by atoms with Crippen molar-refractivity contribution >= 4 is 16.7 Å². The summed E-state index contributed by atoms with van der Waals surface area (Å²) in [5.41, 5.74) is 3.06. The van der Waals surface area contributed by atoms with Crippen molar-refractivity contribution in [3.8, 4) is 22.9 Å². The number of nitrogens with one attached hydrogen (secondary N) is 1. The number of rotatable bonds is 2. The molecule has 1 atom stereocenters. The molecule has 1 N–H and O–H groups in total. The molecule has 1 unspecified atom stereocenters. The molecule has 0 saturated carbocycles. The topological polar surface area (TPSA) is 87.9 Å². The van der Waals surface area contributed by atoms with Crippen LogP contribution < -0.4 is 10.3 Å². The Bertz CT molecular complexity index is 1180. The first kappa shape index (κ1) is 17.1. The van der Waals surface area contributed by atoms with Gasteiger partial charge in [-0.1, -0.05) is 13.8 Å². The van der Waals surface area contributed by atoms with Crippen molar-refractivity contribution in [2.75, 3.05) is 0 Å². The van der Waals surface area contributed by atoms with E-state index >= 15 is 0 Å². The minimum atomic E-state index is -0.515. The lowest BCUT2D eigenvalue weighted by atomic mass is 9.89. The fraction of sp³-hybridized carbons (Fsp3) is 0.286. The van der Waals surface area contributed by atoms with Crippen molar-refractivity contribution in [1.82, 2.24) is 9.55 Å². The van der Waals surface area contributed by atoms with Crippen LogP contribution in [0.4, 0.5) is 0 Å². The Hall–Kier alpha value is -3.33. The van der Waals surface area contributed by atoms with E-state index in [0.717, 1.165) is 16.5 Å². The third kappa shape index (κ3) is 2.63. The summed E-state index contributed by atoms with van der Waals surface area (Å²) in [6, 6.07) is 7.47. The second kappa shape index (κ2) is 6.13. The largest absolute Gasteiger partial charge is 0.481 e. The van der Waals surface area contributed by atoms with Gasteiger partial charge in [0.25, 0.3) is 5.56 Å². The van der Waals surface area contributed by atoms with Gasteiger partial charge in [-0.05, 0) is 24.1 Å². The van der Waals surface area contributed by atoms with Crippen LogP contribution in [0.3, 0.4) is 0 Å². The molecule has 0 bridgehead atoms. The number of carbonyl (C=O) groups excluding carboxylic acids is 1. The van der Waals surface area contributed by atoms with E-state index in [0.29, 0.717) is 22.4 Å². The summed E-state index contributed by atoms with van der Waals surface area (Å²) in [6.07, 6.45) is 3.19. The standard InChI is InChI=1S/C21H19N3O3/c1-11(2)19-17(25)8-13-6-12(9-22)7-15(20(13)27-19)16-10-24(3)21(26)18-14(16)4-5-23-18/h4-7,10-11,19,23H,8H2,1-3H3. The highest BCUT2D eigenvalue weighted by atomic mass is 16.5. The lowest BCUT2D eigenvalue weighted by molar-refractivity contribution is -0.128. The molecule has 6 heteroatoms. The van der Waals surface area contributed by atoms with E-state index in [1.807, 2.05) is 19.9 Å². The second-order valence-corrected chi connectivity index (χ2v) is 7.27. The molecular formula is C21H19N3O3. The monoisotopic (exact) mass is 361 g/mol. The number of Topliss-reactive ketones (excluding diaryl/α,β-unsaturated/α-hetero) is 1. The van der Waals surface area contributed by atoms with Crippen LogP contribution >= 0.6 is 0 Å². The van der Waals surface area contributed by atoms with Crippen LogP contribution in [0.2, 0.25) is 0 Å². The number of ketones is 1. The Labute approximate surface area is 156 Å². The van der Waals surface area contributed by atoms with Crippen molar-refractivity contribution in [2.45, 2.75) is 26.4 Å². The van der Waals surface area contributed by atoms with Gasteiger partial charge in [0.15, 0.2) is 11.9 Å². The smallest absolute Gasteiger partial charge is 0.274 e. The molecule has 0 saturated heterocycles. The number of hydrogen-bond acceptors (Lipinski definition) is 4. The van der Waals surface area contributed by atoms with Crippen molar-refractivity contribution in [1.29, 1.82) is 5.26 Å². The molecular weight excluding hydrogens is 342 g/mol. The van der Waals surface area contributed by atoms with Gasteiger partial charge in [-0.2, -0.15) is 5.26 Å². The van der Waals surface area contributed by atoms with Gasteiger partial charge >= 0.3 is 0 Å². The van der Waals surface area contributed by atoms with Crippen molar-refractivity contribution < 1.29 is 9.53 Å². The zero-order valence-electron chi connectivity index (χ0n) is 15.4. The molecule has 136 valence electrons. The maximum Gasteiger partial charge on any atom is 0.274 e. The molecule has 0 spiro atoms. The van der Waals surface area contributed by atoms with Crippen LogP contribution in [0.1, 0.15) is 25.0 Å². The Morgan fingerprint density at radius 2 is 2.07 bits per heavy atom. The fourth-order valence-electron chi connectivity index (χ4n) is 3.70. The zero-order chi connectivity index (χ0) is 19.3. The number of nitrogens with zero attached hydrogens (tertiary/aromatic N) is 2. The predicted molar refractivity (Wildman–Crippen MR) is 102 cm³/mol. The van der Waals surface area contributed by atoms with Gasteiger partial charge in [-0.25, -0.2) is 0 Å². The fourth-order valence-corrected chi connectivity index (χ4v) is 3.70. The van der Waals surface area contributed by atoms with Gasteiger partial charge in [-0.3, -0.25) is 9.59 Å². The number of ether oxygens (including phenoxy) is 1. The highest BCUT2D eigenvalue weighted by molar-refractivity contribution is 5.98. The second-order valence-electron chi connectivity index (χ2n) is 7.27. The number of benzene rings is 1. The molecule has 1 aromatic carbocycles. The SMILES string of the molecule is CC(C)C1Oc2c(cc(C#N)cc2-c2cn(C)c(=O)c3[nH]ccc23)CC1=O. The van der Waals surface area contributed by atoms with Gasteiger partial charge < -0.3 is 14.3 Å². The number of aromatic amines is 1. The predicted octanol–water partition coefficient (Wildman–Crippen LogP) is 2.93. The van der Waals surface area contributed by atoms with Crippen molar-refractivity contribution in [3.63, 3.8) is 0 Å². The molecule has 0 fully saturated rings. The third-order valence-electron chi connectivity index (χ3n) is 5.01. The van der Waals surface area contributed by atoms with E-state index in [2.05, 4.69) is 11.1 Å². The number of nitriles is 1. The molecule has 2 aromatic heterocycles. The maximum absolute atomic E-state index is 12.5. The first-order valence-corrected chi connectivity index (χ1v) is 8.84. The Kier molecular flexibility index (Phi) is 3.88. The molecule has 1 aliphatic heterocycles. The normalized spacial score (nSPS) is 16.3. The average Bonchev–Trinajstić information content (AvgIpc) is 3.13. The van der Waals surface area contributed by atoms with Gasteiger partial charge in [-0.15, -0.1) is 0 Å². The van der Waals surface area contributed by atoms with Crippen LogP contribution in [-0.2, 0) is 18.3 Å². The molecule has 3 heterocycles. The first-order valence-electron chi connectivity index (χ1n) is 8.84. The Morgan fingerprint density at radius 1 is 1.30 bits per heavy atom. The number of H-pyrrole nitrogens is 1. The molecule has 0 amide bonds. The van der Waals surface area contributed by atoms with Gasteiger partial charge in [0, 0.05) is 47.9 Å². The highest BCUT2D eigenvalue weighted by Gasteiger charge is 2.32.